The molecule has 6 nitrogen and oxygen atoms in total. The Labute approximate surface area is 132 Å². The van der Waals surface area contributed by atoms with Crippen LogP contribution >= 0.6 is 12.4 Å². The van der Waals surface area contributed by atoms with Crippen LogP contribution in [0.3, 0.4) is 0 Å². The summed E-state index contributed by atoms with van der Waals surface area (Å²) in [6.45, 7) is 2.54. The first-order valence-electron chi connectivity index (χ1n) is 6.44. The fraction of sp³-hybridized carbons (Fsp3) is 0.462. The van der Waals surface area contributed by atoms with Gasteiger partial charge >= 0.3 is 0 Å². The largest absolute Gasteiger partial charge is 0.355 e. The highest BCUT2D eigenvalue weighted by Crippen LogP contribution is 2.06. The molecule has 0 heterocycles. The molecule has 0 saturated heterocycles. The van der Waals surface area contributed by atoms with Gasteiger partial charge in [-0.3, -0.25) is 4.79 Å². The highest BCUT2D eigenvalue weighted by Gasteiger charge is 2.13. The minimum atomic E-state index is -3.53. The maximum Gasteiger partial charge on any atom is 0.240 e. The third kappa shape index (κ3) is 7.42. The van der Waals surface area contributed by atoms with Crippen molar-refractivity contribution >= 4 is 28.3 Å². The minimum absolute atomic E-state index is 0. The van der Waals surface area contributed by atoms with E-state index in [2.05, 4.69) is 15.4 Å². The fourth-order valence-corrected chi connectivity index (χ4v) is 2.49. The average molecular weight is 336 g/mol. The van der Waals surface area contributed by atoms with E-state index >= 15 is 0 Å². The van der Waals surface area contributed by atoms with Crippen LogP contribution in [0.4, 0.5) is 0 Å². The van der Waals surface area contributed by atoms with E-state index in [0.717, 1.165) is 0 Å². The summed E-state index contributed by atoms with van der Waals surface area (Å²) >= 11 is 0. The number of carbonyl (C=O) groups excluding carboxylic acids is 1. The van der Waals surface area contributed by atoms with Gasteiger partial charge in [0.1, 0.15) is 0 Å². The van der Waals surface area contributed by atoms with Gasteiger partial charge in [0.2, 0.25) is 15.9 Å². The third-order valence-corrected chi connectivity index (χ3v) is 4.27. The summed E-state index contributed by atoms with van der Waals surface area (Å²) in [5.41, 5.74) is 0. The highest BCUT2D eigenvalue weighted by atomic mass is 35.5. The highest BCUT2D eigenvalue weighted by molar-refractivity contribution is 7.89. The monoisotopic (exact) mass is 335 g/mol. The molecule has 1 rings (SSSR count). The molecular weight excluding hydrogens is 314 g/mol. The van der Waals surface area contributed by atoms with Gasteiger partial charge in [-0.25, -0.2) is 13.1 Å². The summed E-state index contributed by atoms with van der Waals surface area (Å²) in [4.78, 5) is 11.7. The number of hydrogen-bond acceptors (Lipinski definition) is 4. The molecule has 0 aliphatic carbocycles. The number of hydrogen-bond donors (Lipinski definition) is 3. The maximum atomic E-state index is 11.9. The van der Waals surface area contributed by atoms with Crippen LogP contribution in [0.5, 0.6) is 0 Å². The lowest BCUT2D eigenvalue weighted by Gasteiger charge is -2.11. The number of benzene rings is 1. The Balaban J connectivity index is 0.00000400. The molecule has 0 aromatic heterocycles. The lowest BCUT2D eigenvalue weighted by atomic mass is 10.3. The van der Waals surface area contributed by atoms with Gasteiger partial charge in [0.05, 0.1) is 4.90 Å². The van der Waals surface area contributed by atoms with Crippen LogP contribution in [0.15, 0.2) is 35.2 Å². The molecule has 120 valence electrons. The molecule has 0 spiro atoms. The van der Waals surface area contributed by atoms with E-state index in [9.17, 15) is 13.2 Å². The van der Waals surface area contributed by atoms with E-state index < -0.39 is 10.0 Å². The standard InChI is InChI=1S/C13H21N3O3S.ClH/c1-11(14-2)10-15-13(17)8-9-16-20(18,19)12-6-4-3-5-7-12;/h3-7,11,14,16H,8-10H2,1-2H3,(H,15,17);1H. The average Bonchev–Trinajstić information content (AvgIpc) is 2.45. The van der Waals surface area contributed by atoms with Crippen molar-refractivity contribution < 1.29 is 13.2 Å². The Morgan fingerprint density at radius 3 is 2.43 bits per heavy atom. The molecule has 21 heavy (non-hydrogen) atoms. The van der Waals surface area contributed by atoms with Gasteiger partial charge in [0.25, 0.3) is 0 Å². The summed E-state index contributed by atoms with van der Waals surface area (Å²) in [5, 5.41) is 5.72. The first kappa shape index (κ1) is 19.9. The molecule has 0 aliphatic heterocycles. The Bertz CT molecular complexity index is 523. The van der Waals surface area contributed by atoms with Gasteiger partial charge in [-0.15, -0.1) is 12.4 Å². The van der Waals surface area contributed by atoms with E-state index in [1.807, 2.05) is 14.0 Å². The summed E-state index contributed by atoms with van der Waals surface area (Å²) in [5.74, 6) is -0.178. The van der Waals surface area contributed by atoms with Crippen LogP contribution in [0.25, 0.3) is 0 Å². The SMILES string of the molecule is CNC(C)CNC(=O)CCNS(=O)(=O)c1ccccc1.Cl. The van der Waals surface area contributed by atoms with Crippen LogP contribution in [-0.2, 0) is 14.8 Å². The fourth-order valence-electron chi connectivity index (χ4n) is 1.44. The van der Waals surface area contributed by atoms with Gasteiger partial charge in [0.15, 0.2) is 0 Å². The van der Waals surface area contributed by atoms with Crippen LogP contribution < -0.4 is 15.4 Å². The van der Waals surface area contributed by atoms with Gasteiger partial charge in [-0.05, 0) is 26.1 Å². The molecule has 0 fully saturated rings. The lowest BCUT2D eigenvalue weighted by molar-refractivity contribution is -0.121. The van der Waals surface area contributed by atoms with Crippen LogP contribution in [0.1, 0.15) is 13.3 Å². The van der Waals surface area contributed by atoms with Gasteiger partial charge in [-0.2, -0.15) is 0 Å². The summed E-state index contributed by atoms with van der Waals surface area (Å²) in [6, 6.07) is 8.25. The first-order chi connectivity index (χ1) is 9.45. The van der Waals surface area contributed by atoms with Crippen molar-refractivity contribution in [1.29, 1.82) is 0 Å². The topological polar surface area (TPSA) is 87.3 Å². The molecule has 0 saturated carbocycles. The third-order valence-electron chi connectivity index (χ3n) is 2.80. The molecule has 0 bridgehead atoms. The van der Waals surface area contributed by atoms with E-state index in [0.29, 0.717) is 6.54 Å². The van der Waals surface area contributed by atoms with E-state index in [1.165, 1.54) is 12.1 Å². The number of amides is 1. The number of rotatable bonds is 8. The van der Waals surface area contributed by atoms with E-state index in [1.54, 1.807) is 18.2 Å². The smallest absolute Gasteiger partial charge is 0.240 e. The second-order valence-corrected chi connectivity index (χ2v) is 6.22. The summed E-state index contributed by atoms with van der Waals surface area (Å²) < 4.78 is 26.2. The number of sulfonamides is 1. The molecule has 1 unspecified atom stereocenters. The molecule has 0 radical (unpaired) electrons. The van der Waals surface area contributed by atoms with Crippen LogP contribution in [-0.4, -0.2) is 40.5 Å². The van der Waals surface area contributed by atoms with E-state index in [4.69, 9.17) is 0 Å². The zero-order valence-corrected chi connectivity index (χ0v) is 13.8. The zero-order chi connectivity index (χ0) is 15.0. The molecule has 1 aromatic carbocycles. The van der Waals surface area contributed by atoms with Crippen molar-refractivity contribution in [1.82, 2.24) is 15.4 Å². The molecule has 1 amide bonds. The first-order valence-corrected chi connectivity index (χ1v) is 7.92. The second kappa shape index (κ2) is 9.73. The van der Waals surface area contributed by atoms with Crippen molar-refractivity contribution in [3.8, 4) is 0 Å². The number of nitrogens with one attached hydrogen (secondary N) is 3. The molecule has 0 aliphatic rings. The summed E-state index contributed by atoms with van der Waals surface area (Å²) in [7, 11) is -1.72. The number of carbonyl (C=O) groups is 1. The zero-order valence-electron chi connectivity index (χ0n) is 12.1. The second-order valence-electron chi connectivity index (χ2n) is 4.45. The Morgan fingerprint density at radius 2 is 1.86 bits per heavy atom. The normalized spacial score (nSPS) is 12.3. The Morgan fingerprint density at radius 1 is 1.24 bits per heavy atom. The molecule has 1 atom stereocenters. The van der Waals surface area contributed by atoms with Crippen molar-refractivity contribution in [2.45, 2.75) is 24.3 Å². The van der Waals surface area contributed by atoms with Crippen molar-refractivity contribution in [2.24, 2.45) is 0 Å². The van der Waals surface area contributed by atoms with Crippen molar-refractivity contribution in [3.05, 3.63) is 30.3 Å². The maximum absolute atomic E-state index is 11.9. The van der Waals surface area contributed by atoms with Crippen LogP contribution in [0, 0.1) is 0 Å². The van der Waals surface area contributed by atoms with Gasteiger partial charge in [-0.1, -0.05) is 18.2 Å². The minimum Gasteiger partial charge on any atom is -0.355 e. The van der Waals surface area contributed by atoms with Crippen molar-refractivity contribution in [3.63, 3.8) is 0 Å². The van der Waals surface area contributed by atoms with Gasteiger partial charge < -0.3 is 10.6 Å². The van der Waals surface area contributed by atoms with Crippen molar-refractivity contribution in [2.75, 3.05) is 20.1 Å². The molecular formula is C13H22ClN3O3S. The number of likely N-dealkylation sites (N-methyl/N-ethyl adjacent to an activating group) is 1. The van der Waals surface area contributed by atoms with Gasteiger partial charge in [0, 0.05) is 25.6 Å². The lowest BCUT2D eigenvalue weighted by Crippen LogP contribution is -2.38. The van der Waals surface area contributed by atoms with Crippen LogP contribution in [0.2, 0.25) is 0 Å². The molecule has 3 N–H and O–H groups in total. The van der Waals surface area contributed by atoms with E-state index in [-0.39, 0.29) is 42.2 Å². The quantitative estimate of drug-likeness (QED) is 0.645. The number of halogens is 1. The predicted molar refractivity (Wildman–Crippen MR) is 85.0 cm³/mol. The molecule has 1 aromatic rings. The summed E-state index contributed by atoms with van der Waals surface area (Å²) in [6.07, 6.45) is 0.114. The molecule has 8 heteroatoms. The Hall–Kier alpha value is -1.15. The Kier molecular flexibility index (Phi) is 9.19. The predicted octanol–water partition coefficient (Wildman–Crippen LogP) is 0.501.